The van der Waals surface area contributed by atoms with E-state index in [1.165, 1.54) is 10.5 Å². The van der Waals surface area contributed by atoms with Crippen LogP contribution in [0.25, 0.3) is 0 Å². The summed E-state index contributed by atoms with van der Waals surface area (Å²) in [5.41, 5.74) is 0. The Balaban J connectivity index is 2.08. The number of sulfonamides is 1. The van der Waals surface area contributed by atoms with E-state index in [2.05, 4.69) is 10.3 Å². The number of aliphatic hydroxyl groups is 1. The summed E-state index contributed by atoms with van der Waals surface area (Å²) in [5, 5.41) is 12.1. The monoisotopic (exact) mass is 299 g/mol. The summed E-state index contributed by atoms with van der Waals surface area (Å²) in [6, 6.07) is 3.18. The molecule has 20 heavy (non-hydrogen) atoms. The molecule has 7 heteroatoms. The third kappa shape index (κ3) is 3.68. The SMILES string of the molecule is CC(O)CNc1ccc(S(=O)(=O)N2CCCCC2)cn1. The second-order valence-corrected chi connectivity index (χ2v) is 7.01. The fourth-order valence-corrected chi connectivity index (χ4v) is 3.61. The Labute approximate surface area is 119 Å². The molecule has 1 aromatic heterocycles. The Morgan fingerprint density at radius 3 is 2.60 bits per heavy atom. The molecule has 0 saturated carbocycles. The van der Waals surface area contributed by atoms with Gasteiger partial charge in [-0.25, -0.2) is 13.4 Å². The first kappa shape index (κ1) is 15.2. The summed E-state index contributed by atoms with van der Waals surface area (Å²) in [6.45, 7) is 3.22. The van der Waals surface area contributed by atoms with E-state index in [4.69, 9.17) is 0 Å². The third-order valence-electron chi connectivity index (χ3n) is 3.27. The lowest BCUT2D eigenvalue weighted by Gasteiger charge is -2.25. The highest BCUT2D eigenvalue weighted by molar-refractivity contribution is 7.89. The maximum absolute atomic E-state index is 12.4. The predicted molar refractivity (Wildman–Crippen MR) is 77.0 cm³/mol. The topological polar surface area (TPSA) is 82.5 Å². The first-order valence-electron chi connectivity index (χ1n) is 6.88. The van der Waals surface area contributed by atoms with Crippen LogP contribution in [0.1, 0.15) is 26.2 Å². The Morgan fingerprint density at radius 2 is 2.05 bits per heavy atom. The number of rotatable bonds is 5. The fraction of sp³-hybridized carbons (Fsp3) is 0.615. The molecule has 1 aliphatic heterocycles. The molecule has 0 amide bonds. The van der Waals surface area contributed by atoms with Gasteiger partial charge in [-0.3, -0.25) is 0 Å². The molecule has 1 aromatic rings. The Hall–Kier alpha value is -1.18. The van der Waals surface area contributed by atoms with E-state index in [1.54, 1.807) is 19.1 Å². The standard InChI is InChI=1S/C13H21N3O3S/c1-11(17)9-14-13-6-5-12(10-15-13)20(18,19)16-7-3-2-4-8-16/h5-6,10-11,17H,2-4,7-9H2,1H3,(H,14,15). The molecule has 112 valence electrons. The van der Waals surface area contributed by atoms with Gasteiger partial charge in [0.25, 0.3) is 0 Å². The molecule has 1 atom stereocenters. The largest absolute Gasteiger partial charge is 0.392 e. The van der Waals surface area contributed by atoms with E-state index in [-0.39, 0.29) is 4.90 Å². The molecule has 0 radical (unpaired) electrons. The summed E-state index contributed by atoms with van der Waals surface area (Å²) >= 11 is 0. The van der Waals surface area contributed by atoms with Crippen LogP contribution in [0.5, 0.6) is 0 Å². The summed E-state index contributed by atoms with van der Waals surface area (Å²) in [4.78, 5) is 4.31. The van der Waals surface area contributed by atoms with Gasteiger partial charge in [-0.1, -0.05) is 6.42 Å². The van der Waals surface area contributed by atoms with Gasteiger partial charge >= 0.3 is 0 Å². The Bertz CT molecular complexity index is 522. The zero-order valence-corrected chi connectivity index (χ0v) is 12.4. The van der Waals surface area contributed by atoms with Gasteiger partial charge < -0.3 is 10.4 Å². The lowest BCUT2D eigenvalue weighted by Crippen LogP contribution is -2.35. The molecule has 0 aromatic carbocycles. The normalized spacial score (nSPS) is 18.7. The van der Waals surface area contributed by atoms with E-state index >= 15 is 0 Å². The van der Waals surface area contributed by atoms with Crippen LogP contribution in [-0.2, 0) is 10.0 Å². The van der Waals surface area contributed by atoms with E-state index in [9.17, 15) is 13.5 Å². The maximum Gasteiger partial charge on any atom is 0.244 e. The highest BCUT2D eigenvalue weighted by atomic mass is 32.2. The van der Waals surface area contributed by atoms with E-state index in [0.717, 1.165) is 19.3 Å². The number of aromatic nitrogens is 1. The average Bonchev–Trinajstić information content (AvgIpc) is 2.46. The first-order valence-corrected chi connectivity index (χ1v) is 8.32. The molecule has 0 aliphatic carbocycles. The number of aliphatic hydroxyl groups excluding tert-OH is 1. The van der Waals surface area contributed by atoms with Crippen molar-refractivity contribution < 1.29 is 13.5 Å². The minimum Gasteiger partial charge on any atom is -0.392 e. The molecule has 1 saturated heterocycles. The average molecular weight is 299 g/mol. The van der Waals surface area contributed by atoms with Gasteiger partial charge in [-0.2, -0.15) is 4.31 Å². The molecule has 2 N–H and O–H groups in total. The van der Waals surface area contributed by atoms with E-state index in [0.29, 0.717) is 25.5 Å². The van der Waals surface area contributed by atoms with Crippen molar-refractivity contribution in [2.75, 3.05) is 25.0 Å². The van der Waals surface area contributed by atoms with E-state index in [1.807, 2.05) is 0 Å². The van der Waals surface area contributed by atoms with Gasteiger partial charge in [0.15, 0.2) is 0 Å². The van der Waals surface area contributed by atoms with Gasteiger partial charge in [0.2, 0.25) is 10.0 Å². The van der Waals surface area contributed by atoms with Crippen LogP contribution in [0.3, 0.4) is 0 Å². The van der Waals surface area contributed by atoms with Crippen molar-refractivity contribution in [3.63, 3.8) is 0 Å². The Kier molecular flexibility index (Phi) is 4.95. The number of hydrogen-bond donors (Lipinski definition) is 2. The highest BCUT2D eigenvalue weighted by Crippen LogP contribution is 2.20. The fourth-order valence-electron chi connectivity index (χ4n) is 2.14. The van der Waals surface area contributed by atoms with Crippen molar-refractivity contribution in [2.45, 2.75) is 37.2 Å². The molecular weight excluding hydrogens is 278 g/mol. The lowest BCUT2D eigenvalue weighted by molar-refractivity contribution is 0.208. The van der Waals surface area contributed by atoms with Crippen LogP contribution in [0.2, 0.25) is 0 Å². The molecular formula is C13H21N3O3S. The van der Waals surface area contributed by atoms with Crippen molar-refractivity contribution in [1.29, 1.82) is 0 Å². The van der Waals surface area contributed by atoms with Crippen molar-refractivity contribution >= 4 is 15.8 Å². The molecule has 0 spiro atoms. The maximum atomic E-state index is 12.4. The molecule has 2 heterocycles. The van der Waals surface area contributed by atoms with Crippen LogP contribution in [0.15, 0.2) is 23.2 Å². The van der Waals surface area contributed by atoms with Gasteiger partial charge in [0.05, 0.1) is 6.10 Å². The number of nitrogens with one attached hydrogen (secondary N) is 1. The second kappa shape index (κ2) is 6.51. The summed E-state index contributed by atoms with van der Waals surface area (Å²) < 4.78 is 26.3. The number of nitrogens with zero attached hydrogens (tertiary/aromatic N) is 2. The smallest absolute Gasteiger partial charge is 0.244 e. The van der Waals surface area contributed by atoms with Crippen molar-refractivity contribution in [2.24, 2.45) is 0 Å². The van der Waals surface area contributed by atoms with Gasteiger partial charge in [0, 0.05) is 25.8 Å². The highest BCUT2D eigenvalue weighted by Gasteiger charge is 2.25. The van der Waals surface area contributed by atoms with Crippen LogP contribution in [-0.4, -0.2) is 48.6 Å². The number of hydrogen-bond acceptors (Lipinski definition) is 5. The summed E-state index contributed by atoms with van der Waals surface area (Å²) in [6.07, 6.45) is 3.82. The predicted octanol–water partition coefficient (Wildman–Crippen LogP) is 1.05. The molecule has 6 nitrogen and oxygen atoms in total. The van der Waals surface area contributed by atoms with E-state index < -0.39 is 16.1 Å². The zero-order chi connectivity index (χ0) is 14.6. The minimum atomic E-state index is -3.42. The van der Waals surface area contributed by atoms with Crippen molar-refractivity contribution in [3.05, 3.63) is 18.3 Å². The minimum absolute atomic E-state index is 0.224. The number of piperidine rings is 1. The molecule has 1 unspecified atom stereocenters. The zero-order valence-electron chi connectivity index (χ0n) is 11.6. The molecule has 1 fully saturated rings. The van der Waals surface area contributed by atoms with Gasteiger partial charge in [-0.15, -0.1) is 0 Å². The molecule has 0 bridgehead atoms. The third-order valence-corrected chi connectivity index (χ3v) is 5.15. The van der Waals surface area contributed by atoms with Gasteiger partial charge in [-0.05, 0) is 31.9 Å². The summed E-state index contributed by atoms with van der Waals surface area (Å²) in [5.74, 6) is 0.559. The first-order chi connectivity index (χ1) is 9.50. The van der Waals surface area contributed by atoms with Gasteiger partial charge in [0.1, 0.15) is 10.7 Å². The summed E-state index contributed by atoms with van der Waals surface area (Å²) in [7, 11) is -3.42. The van der Waals surface area contributed by atoms with Crippen molar-refractivity contribution in [3.8, 4) is 0 Å². The van der Waals surface area contributed by atoms with Crippen LogP contribution >= 0.6 is 0 Å². The number of anilines is 1. The van der Waals surface area contributed by atoms with Crippen molar-refractivity contribution in [1.82, 2.24) is 9.29 Å². The van der Waals surface area contributed by atoms with Crippen LogP contribution in [0, 0.1) is 0 Å². The molecule has 1 aliphatic rings. The lowest BCUT2D eigenvalue weighted by atomic mass is 10.2. The quantitative estimate of drug-likeness (QED) is 0.849. The Morgan fingerprint density at radius 1 is 1.35 bits per heavy atom. The number of pyridine rings is 1. The van der Waals surface area contributed by atoms with Crippen LogP contribution < -0.4 is 5.32 Å². The van der Waals surface area contributed by atoms with Crippen LogP contribution in [0.4, 0.5) is 5.82 Å². The molecule has 2 rings (SSSR count). The second-order valence-electron chi connectivity index (χ2n) is 5.07.